The number of hydrogen-bond donors (Lipinski definition) is 2. The second-order valence-corrected chi connectivity index (χ2v) is 4.55. The summed E-state index contributed by atoms with van der Waals surface area (Å²) in [5.41, 5.74) is 0. The normalized spacial score (nSPS) is 18.6. The standard InChI is InChI=1S/C12H25N3O/c1-3-14-12(16)6-9-15-7-4-11(5-8-15)10-13-2/h11,13H,3-10H2,1-2H3,(H,14,16). The Labute approximate surface area is 98.8 Å². The number of rotatable bonds is 6. The summed E-state index contributed by atoms with van der Waals surface area (Å²) in [5.74, 6) is 1.01. The van der Waals surface area contributed by atoms with Crippen LogP contribution in [-0.2, 0) is 4.79 Å². The molecule has 1 aliphatic rings. The highest BCUT2D eigenvalue weighted by molar-refractivity contribution is 5.75. The summed E-state index contributed by atoms with van der Waals surface area (Å²) < 4.78 is 0. The summed E-state index contributed by atoms with van der Waals surface area (Å²) in [6.45, 7) is 7.03. The zero-order valence-corrected chi connectivity index (χ0v) is 10.6. The van der Waals surface area contributed by atoms with Gasteiger partial charge in [-0.1, -0.05) is 0 Å². The van der Waals surface area contributed by atoms with Crippen LogP contribution in [0.25, 0.3) is 0 Å². The Morgan fingerprint density at radius 2 is 2.06 bits per heavy atom. The molecule has 0 unspecified atom stereocenters. The van der Waals surface area contributed by atoms with Gasteiger partial charge in [0.05, 0.1) is 0 Å². The molecule has 1 saturated heterocycles. The van der Waals surface area contributed by atoms with Crippen molar-refractivity contribution in [3.05, 3.63) is 0 Å². The minimum atomic E-state index is 0.180. The molecule has 1 aliphatic heterocycles. The average molecular weight is 227 g/mol. The molecule has 0 atom stereocenters. The van der Waals surface area contributed by atoms with Crippen LogP contribution < -0.4 is 10.6 Å². The number of carbonyl (C=O) groups is 1. The third kappa shape index (κ3) is 4.94. The lowest BCUT2D eigenvalue weighted by Crippen LogP contribution is -2.38. The third-order valence-corrected chi connectivity index (χ3v) is 3.23. The van der Waals surface area contributed by atoms with Crippen LogP contribution in [0.2, 0.25) is 0 Å². The number of nitrogens with one attached hydrogen (secondary N) is 2. The molecule has 1 heterocycles. The summed E-state index contributed by atoms with van der Waals surface area (Å²) in [4.78, 5) is 13.7. The van der Waals surface area contributed by atoms with Crippen molar-refractivity contribution >= 4 is 5.91 Å². The van der Waals surface area contributed by atoms with Gasteiger partial charge < -0.3 is 15.5 Å². The Kier molecular flexibility index (Phi) is 6.42. The molecule has 0 aromatic carbocycles. The summed E-state index contributed by atoms with van der Waals surface area (Å²) in [6, 6.07) is 0. The molecule has 0 aliphatic carbocycles. The van der Waals surface area contributed by atoms with Gasteiger partial charge in [0.15, 0.2) is 0 Å². The van der Waals surface area contributed by atoms with E-state index in [-0.39, 0.29) is 5.91 Å². The first-order chi connectivity index (χ1) is 7.76. The Hall–Kier alpha value is -0.610. The van der Waals surface area contributed by atoms with Crippen molar-refractivity contribution in [2.24, 2.45) is 5.92 Å². The summed E-state index contributed by atoms with van der Waals surface area (Å²) in [7, 11) is 2.02. The first-order valence-electron chi connectivity index (χ1n) is 6.40. The highest BCUT2D eigenvalue weighted by atomic mass is 16.1. The predicted octanol–water partition coefficient (Wildman–Crippen LogP) is 0.444. The van der Waals surface area contributed by atoms with Crippen LogP contribution in [0.3, 0.4) is 0 Å². The molecule has 16 heavy (non-hydrogen) atoms. The smallest absolute Gasteiger partial charge is 0.221 e. The van der Waals surface area contributed by atoms with Gasteiger partial charge in [-0.15, -0.1) is 0 Å². The van der Waals surface area contributed by atoms with Crippen molar-refractivity contribution in [3.63, 3.8) is 0 Å². The SMILES string of the molecule is CCNC(=O)CCN1CCC(CNC)CC1. The third-order valence-electron chi connectivity index (χ3n) is 3.23. The molecule has 4 heteroatoms. The minimum Gasteiger partial charge on any atom is -0.356 e. The van der Waals surface area contributed by atoms with Crippen LogP contribution in [0.5, 0.6) is 0 Å². The zero-order chi connectivity index (χ0) is 11.8. The van der Waals surface area contributed by atoms with Crippen molar-refractivity contribution in [2.75, 3.05) is 39.8 Å². The van der Waals surface area contributed by atoms with E-state index in [0.29, 0.717) is 6.42 Å². The van der Waals surface area contributed by atoms with Gasteiger partial charge in [-0.3, -0.25) is 4.79 Å². The predicted molar refractivity (Wildman–Crippen MR) is 66.4 cm³/mol. The van der Waals surface area contributed by atoms with Crippen molar-refractivity contribution in [1.82, 2.24) is 15.5 Å². The fraction of sp³-hybridized carbons (Fsp3) is 0.917. The van der Waals surface area contributed by atoms with Gasteiger partial charge in [-0.05, 0) is 52.4 Å². The maximum Gasteiger partial charge on any atom is 0.221 e. The van der Waals surface area contributed by atoms with Crippen molar-refractivity contribution < 1.29 is 4.79 Å². The molecule has 0 bridgehead atoms. The minimum absolute atomic E-state index is 0.180. The maximum absolute atomic E-state index is 11.3. The van der Waals surface area contributed by atoms with Gasteiger partial charge in [0.2, 0.25) is 5.91 Å². The van der Waals surface area contributed by atoms with E-state index in [1.165, 1.54) is 12.8 Å². The maximum atomic E-state index is 11.3. The molecule has 2 N–H and O–H groups in total. The highest BCUT2D eigenvalue weighted by Gasteiger charge is 2.18. The number of carbonyl (C=O) groups excluding carboxylic acids is 1. The Morgan fingerprint density at radius 3 is 2.62 bits per heavy atom. The van der Waals surface area contributed by atoms with Crippen LogP contribution in [0.4, 0.5) is 0 Å². The van der Waals surface area contributed by atoms with Gasteiger partial charge in [-0.2, -0.15) is 0 Å². The van der Waals surface area contributed by atoms with Gasteiger partial charge in [0.1, 0.15) is 0 Å². The summed E-state index contributed by atoms with van der Waals surface area (Å²) >= 11 is 0. The van der Waals surface area contributed by atoms with Gasteiger partial charge in [0.25, 0.3) is 0 Å². The van der Waals surface area contributed by atoms with E-state index in [0.717, 1.165) is 38.6 Å². The van der Waals surface area contributed by atoms with E-state index in [1.807, 2.05) is 14.0 Å². The molecule has 94 valence electrons. The van der Waals surface area contributed by atoms with Gasteiger partial charge in [-0.25, -0.2) is 0 Å². The number of hydrogen-bond acceptors (Lipinski definition) is 3. The molecule has 1 fully saturated rings. The van der Waals surface area contributed by atoms with E-state index >= 15 is 0 Å². The lowest BCUT2D eigenvalue weighted by atomic mass is 9.97. The van der Waals surface area contributed by atoms with Crippen LogP contribution in [0.15, 0.2) is 0 Å². The second-order valence-electron chi connectivity index (χ2n) is 4.55. The van der Waals surface area contributed by atoms with E-state index in [2.05, 4.69) is 15.5 Å². The number of piperidine rings is 1. The van der Waals surface area contributed by atoms with Gasteiger partial charge in [0, 0.05) is 19.5 Å². The molecule has 1 amide bonds. The Morgan fingerprint density at radius 1 is 1.38 bits per heavy atom. The second kappa shape index (κ2) is 7.63. The van der Waals surface area contributed by atoms with Crippen LogP contribution in [0.1, 0.15) is 26.2 Å². The van der Waals surface area contributed by atoms with Crippen molar-refractivity contribution in [1.29, 1.82) is 0 Å². The van der Waals surface area contributed by atoms with Crippen molar-refractivity contribution in [2.45, 2.75) is 26.2 Å². The fourth-order valence-electron chi connectivity index (χ4n) is 2.25. The highest BCUT2D eigenvalue weighted by Crippen LogP contribution is 2.16. The summed E-state index contributed by atoms with van der Waals surface area (Å²) in [5, 5.41) is 6.08. The Balaban J connectivity index is 2.10. The molecular weight excluding hydrogens is 202 g/mol. The lowest BCUT2D eigenvalue weighted by Gasteiger charge is -2.31. The van der Waals surface area contributed by atoms with Crippen LogP contribution >= 0.6 is 0 Å². The van der Waals surface area contributed by atoms with E-state index in [4.69, 9.17) is 0 Å². The molecule has 0 spiro atoms. The number of likely N-dealkylation sites (tertiary alicyclic amines) is 1. The molecule has 0 aromatic rings. The summed E-state index contributed by atoms with van der Waals surface area (Å²) in [6.07, 6.45) is 3.16. The Bertz CT molecular complexity index is 200. The molecular formula is C12H25N3O. The first-order valence-corrected chi connectivity index (χ1v) is 6.40. The van der Waals surface area contributed by atoms with E-state index in [9.17, 15) is 4.79 Å². The average Bonchev–Trinajstić information content (AvgIpc) is 2.29. The number of nitrogens with zero attached hydrogens (tertiary/aromatic N) is 1. The molecule has 0 radical (unpaired) electrons. The molecule has 0 saturated carbocycles. The lowest BCUT2D eigenvalue weighted by molar-refractivity contribution is -0.121. The van der Waals surface area contributed by atoms with Crippen LogP contribution in [-0.4, -0.2) is 50.6 Å². The largest absolute Gasteiger partial charge is 0.356 e. The van der Waals surface area contributed by atoms with E-state index in [1.54, 1.807) is 0 Å². The topological polar surface area (TPSA) is 44.4 Å². The number of amides is 1. The molecule has 4 nitrogen and oxygen atoms in total. The van der Waals surface area contributed by atoms with Crippen LogP contribution in [0, 0.1) is 5.92 Å². The van der Waals surface area contributed by atoms with Gasteiger partial charge >= 0.3 is 0 Å². The molecule has 0 aromatic heterocycles. The fourth-order valence-corrected chi connectivity index (χ4v) is 2.25. The first kappa shape index (κ1) is 13.5. The zero-order valence-electron chi connectivity index (χ0n) is 10.6. The monoisotopic (exact) mass is 227 g/mol. The quantitative estimate of drug-likeness (QED) is 0.692. The molecule has 1 rings (SSSR count). The van der Waals surface area contributed by atoms with E-state index < -0.39 is 0 Å². The van der Waals surface area contributed by atoms with Crippen molar-refractivity contribution in [3.8, 4) is 0 Å².